The number of benzene rings is 1. The summed E-state index contributed by atoms with van der Waals surface area (Å²) in [5.74, 6) is -1.55. The van der Waals surface area contributed by atoms with Crippen LogP contribution in [-0.4, -0.2) is 29.1 Å². The highest BCUT2D eigenvalue weighted by atomic mass is 32.2. The van der Waals surface area contributed by atoms with Gasteiger partial charge in [0.2, 0.25) is 5.91 Å². The number of hydrogen-bond donors (Lipinski definition) is 1. The molecule has 0 aromatic heterocycles. The van der Waals surface area contributed by atoms with Crippen LogP contribution in [0, 0.1) is 11.7 Å². The van der Waals surface area contributed by atoms with Crippen molar-refractivity contribution in [2.75, 3.05) is 13.2 Å². The Labute approximate surface area is 177 Å². The summed E-state index contributed by atoms with van der Waals surface area (Å²) < 4.78 is 47.7. The van der Waals surface area contributed by atoms with Crippen molar-refractivity contribution < 1.29 is 22.7 Å². The van der Waals surface area contributed by atoms with E-state index < -0.39 is 22.4 Å². The number of amides is 1. The lowest BCUT2D eigenvalue weighted by atomic mass is 9.86. The van der Waals surface area contributed by atoms with Gasteiger partial charge >= 0.3 is 0 Å². The average molecular weight is 437 g/mol. The second-order valence-electron chi connectivity index (χ2n) is 6.85. The lowest BCUT2D eigenvalue weighted by molar-refractivity contribution is -0.134. The molecule has 2 aliphatic heterocycles. The van der Waals surface area contributed by atoms with Crippen LogP contribution in [0.1, 0.15) is 25.8 Å². The molecule has 0 radical (unpaired) electrons. The van der Waals surface area contributed by atoms with E-state index in [0.717, 1.165) is 17.8 Å². The molecule has 1 aromatic rings. The fourth-order valence-electron chi connectivity index (χ4n) is 3.63. The number of hydrazone groups is 1. The molecule has 3 rings (SSSR count). The molecule has 0 saturated carbocycles. The van der Waals surface area contributed by atoms with Crippen LogP contribution in [0.15, 0.2) is 59.3 Å². The second kappa shape index (κ2) is 9.09. The number of fused-ring (bicyclic) bond motifs is 2. The van der Waals surface area contributed by atoms with Gasteiger partial charge in [-0.15, -0.1) is 0 Å². The van der Waals surface area contributed by atoms with E-state index in [2.05, 4.69) is 5.10 Å². The van der Waals surface area contributed by atoms with E-state index in [1.54, 1.807) is 6.92 Å². The van der Waals surface area contributed by atoms with Gasteiger partial charge in [0.15, 0.2) is 4.87 Å². The molecular weight excluding hydrogens is 415 g/mol. The number of allylic oxidation sites excluding steroid dienone is 4. The number of carbonyl (C=O) groups is 1. The first-order chi connectivity index (χ1) is 14.4. The van der Waals surface area contributed by atoms with Crippen molar-refractivity contribution in [3.05, 3.63) is 65.5 Å². The van der Waals surface area contributed by atoms with Crippen molar-refractivity contribution in [1.29, 1.82) is 0 Å². The van der Waals surface area contributed by atoms with E-state index in [1.165, 1.54) is 42.3 Å². The third kappa shape index (κ3) is 3.91. The fourth-order valence-corrected chi connectivity index (χ4v) is 5.15. The van der Waals surface area contributed by atoms with Gasteiger partial charge in [0.25, 0.3) is 0 Å². The smallest absolute Gasteiger partial charge is 0.241 e. The Bertz CT molecular complexity index is 961. The Morgan fingerprint density at radius 1 is 1.50 bits per heavy atom. The number of thioether (sulfide) groups is 1. The first-order valence-electron chi connectivity index (χ1n) is 9.39. The quantitative estimate of drug-likeness (QED) is 0.688. The summed E-state index contributed by atoms with van der Waals surface area (Å²) >= 11 is 1.07. The molecule has 0 aliphatic carbocycles. The summed E-state index contributed by atoms with van der Waals surface area (Å²) in [6.07, 6.45) is 4.33. The molecule has 2 aliphatic rings. The molecule has 0 unspecified atom stereocenters. The van der Waals surface area contributed by atoms with Crippen molar-refractivity contribution in [1.82, 2.24) is 5.01 Å². The van der Waals surface area contributed by atoms with Gasteiger partial charge in [-0.25, -0.2) is 18.2 Å². The van der Waals surface area contributed by atoms with Crippen LogP contribution < -0.4 is 10.5 Å². The molecule has 1 amide bonds. The molecule has 30 heavy (non-hydrogen) atoms. The van der Waals surface area contributed by atoms with Gasteiger partial charge in [-0.2, -0.15) is 5.10 Å². The molecule has 160 valence electrons. The maximum Gasteiger partial charge on any atom is 0.241 e. The van der Waals surface area contributed by atoms with Crippen LogP contribution >= 0.6 is 11.8 Å². The van der Waals surface area contributed by atoms with E-state index in [0.29, 0.717) is 24.3 Å². The second-order valence-corrected chi connectivity index (χ2v) is 8.07. The van der Waals surface area contributed by atoms with E-state index in [1.807, 2.05) is 0 Å². The van der Waals surface area contributed by atoms with Gasteiger partial charge in [-0.1, -0.05) is 17.8 Å². The summed E-state index contributed by atoms with van der Waals surface area (Å²) in [4.78, 5) is 11.4. The summed E-state index contributed by atoms with van der Waals surface area (Å²) in [7, 11) is 0. The molecule has 0 bridgehead atoms. The monoisotopic (exact) mass is 437 g/mol. The van der Waals surface area contributed by atoms with Crippen LogP contribution in [0.5, 0.6) is 5.75 Å². The first kappa shape index (κ1) is 22.2. The topological polar surface area (TPSA) is 67.9 Å². The van der Waals surface area contributed by atoms with Crippen molar-refractivity contribution >= 4 is 22.7 Å². The number of nitrogens with two attached hydrogens (primary N) is 1. The van der Waals surface area contributed by atoms with E-state index in [9.17, 15) is 18.0 Å². The van der Waals surface area contributed by atoms with E-state index in [4.69, 9.17) is 10.5 Å². The van der Waals surface area contributed by atoms with Crippen LogP contribution in [0.4, 0.5) is 13.2 Å². The summed E-state index contributed by atoms with van der Waals surface area (Å²) in [5.41, 5.74) is 6.06. The Morgan fingerprint density at radius 3 is 2.90 bits per heavy atom. The minimum absolute atomic E-state index is 0.103. The maximum atomic E-state index is 14.2. The molecule has 1 aromatic carbocycles. The van der Waals surface area contributed by atoms with Gasteiger partial charge in [0.1, 0.15) is 22.4 Å². The number of hydrogen-bond acceptors (Lipinski definition) is 5. The van der Waals surface area contributed by atoms with Gasteiger partial charge in [0.05, 0.1) is 12.9 Å². The first-order valence-corrected chi connectivity index (χ1v) is 10.2. The van der Waals surface area contributed by atoms with Gasteiger partial charge in [-0.05, 0) is 50.2 Å². The fraction of sp³-hybridized carbons (Fsp3) is 0.333. The molecule has 2 N–H and O–H groups in total. The molecule has 5 nitrogen and oxygen atoms in total. The molecule has 0 saturated heterocycles. The minimum atomic E-state index is -1.19. The Kier molecular flexibility index (Phi) is 6.72. The zero-order valence-electron chi connectivity index (χ0n) is 16.6. The Morgan fingerprint density at radius 2 is 2.27 bits per heavy atom. The predicted octanol–water partition coefficient (Wildman–Crippen LogP) is 4.53. The minimum Gasteiger partial charge on any atom is -0.493 e. The maximum absolute atomic E-state index is 14.2. The summed E-state index contributed by atoms with van der Waals surface area (Å²) in [6.45, 7) is 3.46. The predicted molar refractivity (Wildman–Crippen MR) is 111 cm³/mol. The Balaban J connectivity index is 2.16. The molecule has 2 atom stereocenters. The van der Waals surface area contributed by atoms with Crippen LogP contribution in [0.25, 0.3) is 0 Å². The molecule has 2 heterocycles. The third-order valence-corrected chi connectivity index (χ3v) is 6.42. The van der Waals surface area contributed by atoms with Crippen molar-refractivity contribution in [3.8, 4) is 5.75 Å². The summed E-state index contributed by atoms with van der Waals surface area (Å²) in [5, 5.41) is 5.62. The zero-order chi connectivity index (χ0) is 21.9. The summed E-state index contributed by atoms with van der Waals surface area (Å²) in [6, 6.07) is 4.03. The highest BCUT2D eigenvalue weighted by Crippen LogP contribution is 2.57. The zero-order valence-corrected chi connectivity index (χ0v) is 17.4. The van der Waals surface area contributed by atoms with Crippen molar-refractivity contribution in [3.63, 3.8) is 0 Å². The highest BCUT2D eigenvalue weighted by Gasteiger charge is 2.56. The van der Waals surface area contributed by atoms with Crippen molar-refractivity contribution in [2.24, 2.45) is 16.8 Å². The lowest BCUT2D eigenvalue weighted by Crippen LogP contribution is -2.51. The molecular formula is C21H22F3N3O2S. The highest BCUT2D eigenvalue weighted by molar-refractivity contribution is 8.15. The SMILES string of the molecule is C\C=C/C(F)=C\C(=C\F)C1=NN(C(C)=O)[C@@]2(S1)c1cc(F)ccc1OC[C@H]2CCN. The van der Waals surface area contributed by atoms with Crippen LogP contribution in [-0.2, 0) is 9.67 Å². The van der Waals surface area contributed by atoms with Gasteiger partial charge < -0.3 is 10.5 Å². The van der Waals surface area contributed by atoms with Gasteiger partial charge in [-0.3, -0.25) is 4.79 Å². The normalized spacial score (nSPS) is 24.3. The number of ether oxygens (including phenoxy) is 1. The Hall–Kier alpha value is -2.52. The van der Waals surface area contributed by atoms with Crippen LogP contribution in [0.2, 0.25) is 0 Å². The van der Waals surface area contributed by atoms with Gasteiger partial charge in [0, 0.05) is 24.0 Å². The van der Waals surface area contributed by atoms with Crippen LogP contribution in [0.3, 0.4) is 0 Å². The number of halogens is 3. The number of nitrogens with zero attached hydrogens (tertiary/aromatic N) is 2. The molecule has 1 spiro atoms. The number of rotatable bonds is 5. The number of carbonyl (C=O) groups excluding carboxylic acids is 1. The lowest BCUT2D eigenvalue weighted by Gasteiger charge is -2.45. The molecule has 9 heteroatoms. The average Bonchev–Trinajstić information content (AvgIpc) is 3.10. The van der Waals surface area contributed by atoms with Crippen molar-refractivity contribution in [2.45, 2.75) is 25.1 Å². The molecule has 0 fully saturated rings. The third-order valence-electron chi connectivity index (χ3n) is 4.88. The standard InChI is InChI=1S/C21H22F3N3O2S/c1-3-4-16(23)9-14(11-22)20-26-27(13(2)28)21(30-20)15(7-8-25)12-29-19-6-5-17(24)10-18(19)21/h3-6,9-11,15H,7-8,12,25H2,1-2H3/b4-3-,14-11-,16-9+/t15-,21+/m1/s1. The largest absolute Gasteiger partial charge is 0.493 e. The van der Waals surface area contributed by atoms with E-state index in [-0.39, 0.29) is 29.5 Å². The van der Waals surface area contributed by atoms with E-state index >= 15 is 0 Å².